The van der Waals surface area contributed by atoms with Crippen LogP contribution in [-0.2, 0) is 4.74 Å². The summed E-state index contributed by atoms with van der Waals surface area (Å²) in [7, 11) is 0. The van der Waals surface area contributed by atoms with E-state index < -0.39 is 5.60 Å². The predicted octanol–water partition coefficient (Wildman–Crippen LogP) is 2.84. The normalized spacial score (nSPS) is 20.1. The summed E-state index contributed by atoms with van der Waals surface area (Å²) in [5.74, 6) is 1.53. The third-order valence-electron chi connectivity index (χ3n) is 3.58. The first-order valence-corrected chi connectivity index (χ1v) is 7.55. The van der Waals surface area contributed by atoms with Crippen LogP contribution in [0.5, 0.6) is 11.5 Å². The molecule has 2 heterocycles. The quantitative estimate of drug-likeness (QED) is 0.910. The van der Waals surface area contributed by atoms with Crippen LogP contribution in [0.25, 0.3) is 0 Å². The van der Waals surface area contributed by atoms with Gasteiger partial charge in [-0.25, -0.2) is 4.79 Å². The molecule has 0 aromatic heterocycles. The number of carbonyl (C=O) groups is 1. The second-order valence-corrected chi connectivity index (χ2v) is 6.62. The van der Waals surface area contributed by atoms with E-state index in [1.165, 1.54) is 0 Å². The minimum Gasteiger partial charge on any atom is -0.454 e. The van der Waals surface area contributed by atoms with Crippen molar-refractivity contribution in [2.24, 2.45) is 0 Å². The highest BCUT2D eigenvalue weighted by Crippen LogP contribution is 2.34. The molecule has 1 fully saturated rings. The fraction of sp³-hybridized carbons (Fsp3) is 0.562. The summed E-state index contributed by atoms with van der Waals surface area (Å²) in [5.41, 5.74) is 0.514. The number of carbonyl (C=O) groups excluding carboxylic acids is 1. The van der Waals surface area contributed by atoms with Gasteiger partial charge < -0.3 is 24.4 Å². The smallest absolute Gasteiger partial charge is 0.410 e. The Labute approximate surface area is 130 Å². The topological polar surface area (TPSA) is 60.0 Å². The number of rotatable bonds is 2. The van der Waals surface area contributed by atoms with Gasteiger partial charge in [0.1, 0.15) is 5.60 Å². The minimum atomic E-state index is -0.458. The van der Waals surface area contributed by atoms with Crippen LogP contribution in [-0.4, -0.2) is 42.5 Å². The van der Waals surface area contributed by atoms with E-state index >= 15 is 0 Å². The first kappa shape index (κ1) is 14.8. The van der Waals surface area contributed by atoms with Crippen LogP contribution in [0.1, 0.15) is 27.2 Å². The molecule has 1 unspecified atom stereocenters. The summed E-state index contributed by atoms with van der Waals surface area (Å²) in [4.78, 5) is 13.8. The standard InChI is InChI=1S/C16H22N2O4/c1-16(2,3)22-15(19)18-7-6-12(9-18)17-11-4-5-13-14(8-11)21-10-20-13/h4-5,8,12,17H,6-7,9-10H2,1-3H3. The van der Waals surface area contributed by atoms with Crippen molar-refractivity contribution in [2.75, 3.05) is 25.2 Å². The van der Waals surface area contributed by atoms with Crippen molar-refractivity contribution < 1.29 is 19.0 Å². The van der Waals surface area contributed by atoms with Gasteiger partial charge in [-0.1, -0.05) is 0 Å². The van der Waals surface area contributed by atoms with E-state index in [1.54, 1.807) is 4.90 Å². The van der Waals surface area contributed by atoms with Gasteiger partial charge in [-0.15, -0.1) is 0 Å². The Kier molecular flexibility index (Phi) is 3.76. The number of nitrogens with one attached hydrogen (secondary N) is 1. The number of hydrogen-bond donors (Lipinski definition) is 1. The lowest BCUT2D eigenvalue weighted by molar-refractivity contribution is 0.0293. The molecule has 1 aromatic carbocycles. The monoisotopic (exact) mass is 306 g/mol. The van der Waals surface area contributed by atoms with Crippen molar-refractivity contribution in [1.29, 1.82) is 0 Å². The molecule has 3 rings (SSSR count). The lowest BCUT2D eigenvalue weighted by Crippen LogP contribution is -2.36. The van der Waals surface area contributed by atoms with Crippen molar-refractivity contribution in [3.05, 3.63) is 18.2 Å². The van der Waals surface area contributed by atoms with Gasteiger partial charge in [0.15, 0.2) is 11.5 Å². The molecule has 6 heteroatoms. The van der Waals surface area contributed by atoms with Crippen LogP contribution in [0, 0.1) is 0 Å². The third kappa shape index (κ3) is 3.37. The van der Waals surface area contributed by atoms with Crippen molar-refractivity contribution in [1.82, 2.24) is 4.90 Å². The Bertz CT molecular complexity index is 568. The Balaban J connectivity index is 1.56. The zero-order chi connectivity index (χ0) is 15.7. The number of anilines is 1. The van der Waals surface area contributed by atoms with Gasteiger partial charge in [0, 0.05) is 30.9 Å². The predicted molar refractivity (Wildman–Crippen MR) is 82.4 cm³/mol. The summed E-state index contributed by atoms with van der Waals surface area (Å²) in [6.45, 7) is 7.26. The number of hydrogen-bond acceptors (Lipinski definition) is 5. The molecular weight excluding hydrogens is 284 g/mol. The molecule has 22 heavy (non-hydrogen) atoms. The van der Waals surface area contributed by atoms with Crippen LogP contribution in [0.3, 0.4) is 0 Å². The van der Waals surface area contributed by atoms with Gasteiger partial charge in [0.05, 0.1) is 0 Å². The SMILES string of the molecule is CC(C)(C)OC(=O)N1CCC(Nc2ccc3c(c2)OCO3)C1. The first-order valence-electron chi connectivity index (χ1n) is 7.55. The van der Waals surface area contributed by atoms with E-state index in [9.17, 15) is 4.79 Å². The van der Waals surface area contributed by atoms with Gasteiger partial charge in [-0.2, -0.15) is 0 Å². The van der Waals surface area contributed by atoms with Crippen LogP contribution in [0.15, 0.2) is 18.2 Å². The molecule has 0 bridgehead atoms. The molecule has 1 saturated heterocycles. The van der Waals surface area contributed by atoms with Crippen LogP contribution in [0.2, 0.25) is 0 Å². The minimum absolute atomic E-state index is 0.216. The molecule has 0 spiro atoms. The van der Waals surface area contributed by atoms with Crippen molar-refractivity contribution in [3.63, 3.8) is 0 Å². The Morgan fingerprint density at radius 3 is 2.86 bits per heavy atom. The van der Waals surface area contributed by atoms with E-state index in [-0.39, 0.29) is 18.9 Å². The highest BCUT2D eigenvalue weighted by molar-refractivity contribution is 5.68. The molecule has 1 atom stereocenters. The van der Waals surface area contributed by atoms with Gasteiger partial charge in [-0.05, 0) is 39.3 Å². The maximum Gasteiger partial charge on any atom is 0.410 e. The highest BCUT2D eigenvalue weighted by Gasteiger charge is 2.29. The van der Waals surface area contributed by atoms with Crippen LogP contribution in [0.4, 0.5) is 10.5 Å². The van der Waals surface area contributed by atoms with E-state index in [1.807, 2.05) is 39.0 Å². The molecular formula is C16H22N2O4. The summed E-state index contributed by atoms with van der Waals surface area (Å²) in [5, 5.41) is 3.43. The lowest BCUT2D eigenvalue weighted by Gasteiger charge is -2.24. The molecule has 1 aromatic rings. The Hall–Kier alpha value is -2.11. The van der Waals surface area contributed by atoms with E-state index in [0.717, 1.165) is 23.6 Å². The molecule has 2 aliphatic rings. The number of benzene rings is 1. The maximum atomic E-state index is 12.1. The van der Waals surface area contributed by atoms with Crippen molar-refractivity contribution >= 4 is 11.8 Å². The summed E-state index contributed by atoms with van der Waals surface area (Å²) in [6.07, 6.45) is 0.649. The van der Waals surface area contributed by atoms with Gasteiger partial charge in [0.2, 0.25) is 6.79 Å². The Morgan fingerprint density at radius 2 is 2.09 bits per heavy atom. The number of nitrogens with zero attached hydrogens (tertiary/aromatic N) is 1. The zero-order valence-electron chi connectivity index (χ0n) is 13.2. The summed E-state index contributed by atoms with van der Waals surface area (Å²) < 4.78 is 16.1. The summed E-state index contributed by atoms with van der Waals surface area (Å²) >= 11 is 0. The first-order chi connectivity index (χ1) is 10.4. The van der Waals surface area contributed by atoms with Crippen LogP contribution >= 0.6 is 0 Å². The number of fused-ring (bicyclic) bond motifs is 1. The number of likely N-dealkylation sites (tertiary alicyclic amines) is 1. The van der Waals surface area contributed by atoms with E-state index in [0.29, 0.717) is 13.1 Å². The second kappa shape index (κ2) is 5.59. The molecule has 1 N–H and O–H groups in total. The second-order valence-electron chi connectivity index (χ2n) is 6.62. The molecule has 1 amide bonds. The van der Waals surface area contributed by atoms with Gasteiger partial charge in [-0.3, -0.25) is 0 Å². The number of ether oxygens (including phenoxy) is 3. The third-order valence-corrected chi connectivity index (χ3v) is 3.58. The number of amides is 1. The van der Waals surface area contributed by atoms with Crippen LogP contribution < -0.4 is 14.8 Å². The molecule has 2 aliphatic heterocycles. The molecule has 0 radical (unpaired) electrons. The largest absolute Gasteiger partial charge is 0.454 e. The van der Waals surface area contributed by atoms with Crippen molar-refractivity contribution in [3.8, 4) is 11.5 Å². The lowest BCUT2D eigenvalue weighted by atomic mass is 10.2. The van der Waals surface area contributed by atoms with E-state index in [4.69, 9.17) is 14.2 Å². The molecule has 6 nitrogen and oxygen atoms in total. The zero-order valence-corrected chi connectivity index (χ0v) is 13.2. The average molecular weight is 306 g/mol. The summed E-state index contributed by atoms with van der Waals surface area (Å²) in [6, 6.07) is 6.00. The average Bonchev–Trinajstić information content (AvgIpc) is 3.04. The van der Waals surface area contributed by atoms with E-state index in [2.05, 4.69) is 5.32 Å². The van der Waals surface area contributed by atoms with Gasteiger partial charge >= 0.3 is 6.09 Å². The molecule has 120 valence electrons. The fourth-order valence-corrected chi connectivity index (χ4v) is 2.59. The van der Waals surface area contributed by atoms with Crippen molar-refractivity contribution in [2.45, 2.75) is 38.8 Å². The molecule has 0 saturated carbocycles. The fourth-order valence-electron chi connectivity index (χ4n) is 2.59. The maximum absolute atomic E-state index is 12.1. The highest BCUT2D eigenvalue weighted by atomic mass is 16.7. The van der Waals surface area contributed by atoms with Gasteiger partial charge in [0.25, 0.3) is 0 Å². The Morgan fingerprint density at radius 1 is 1.32 bits per heavy atom. The molecule has 0 aliphatic carbocycles.